The number of nitrogens with one attached hydrogen (secondary N) is 1. The van der Waals surface area contributed by atoms with Gasteiger partial charge in [0.15, 0.2) is 0 Å². The number of para-hydroxylation sites is 1. The van der Waals surface area contributed by atoms with Crippen molar-refractivity contribution in [1.82, 2.24) is 19.5 Å². The molecule has 3 heterocycles. The molecule has 0 atom stereocenters. The maximum absolute atomic E-state index is 14.1. The molecule has 0 bridgehead atoms. The molecule has 1 N–H and O–H groups in total. The number of carbonyl (C=O) groups is 2. The van der Waals surface area contributed by atoms with Crippen molar-refractivity contribution in [2.24, 2.45) is 0 Å². The molecule has 0 unspecified atom stereocenters. The van der Waals surface area contributed by atoms with Gasteiger partial charge in [0, 0.05) is 73.9 Å². The summed E-state index contributed by atoms with van der Waals surface area (Å²) in [6.07, 6.45) is 1.55. The molecule has 11 nitrogen and oxygen atoms in total. The first-order chi connectivity index (χ1) is 23.1. The van der Waals surface area contributed by atoms with Crippen molar-refractivity contribution in [2.75, 3.05) is 67.1 Å². The second-order valence-electron chi connectivity index (χ2n) is 14.0. The molecule has 2 amide bonds. The van der Waals surface area contributed by atoms with Crippen LogP contribution >= 0.6 is 23.2 Å². The zero-order chi connectivity index (χ0) is 35.6. The fourth-order valence-corrected chi connectivity index (χ4v) is 8.76. The Morgan fingerprint density at radius 2 is 1.69 bits per heavy atom. The summed E-state index contributed by atoms with van der Waals surface area (Å²) in [5.41, 5.74) is 1.44. The summed E-state index contributed by atoms with van der Waals surface area (Å²) in [6.45, 7) is 6.54. The van der Waals surface area contributed by atoms with Gasteiger partial charge < -0.3 is 23.8 Å². The molecule has 2 aliphatic heterocycles. The van der Waals surface area contributed by atoms with E-state index in [1.165, 1.54) is 12.1 Å². The summed E-state index contributed by atoms with van der Waals surface area (Å²) in [5.74, 6) is 0.251. The summed E-state index contributed by atoms with van der Waals surface area (Å²) in [5, 5.41) is 1.09. The second-order valence-corrected chi connectivity index (χ2v) is 16.4. The van der Waals surface area contributed by atoms with Crippen molar-refractivity contribution in [1.29, 1.82) is 0 Å². The van der Waals surface area contributed by atoms with Crippen LogP contribution in [-0.2, 0) is 31.0 Å². The van der Waals surface area contributed by atoms with Crippen LogP contribution in [0.15, 0.2) is 41.3 Å². The smallest absolute Gasteiger partial charge is 0.244 e. The van der Waals surface area contributed by atoms with E-state index in [1.807, 2.05) is 32.0 Å². The Bertz CT molecular complexity index is 1820. The van der Waals surface area contributed by atoms with E-state index in [0.717, 1.165) is 34.1 Å². The molecule has 2 aromatic carbocycles. The Hall–Kier alpha value is -3.00. The molecule has 2 aliphatic rings. The number of hydrogen-bond acceptors (Lipinski definition) is 7. The zero-order valence-corrected chi connectivity index (χ0v) is 31.2. The van der Waals surface area contributed by atoms with E-state index in [9.17, 15) is 18.0 Å². The number of sulfonamides is 1. The minimum atomic E-state index is -4.32. The van der Waals surface area contributed by atoms with E-state index < -0.39 is 15.6 Å². The topological polar surface area (TPSA) is 118 Å². The highest BCUT2D eigenvalue weighted by molar-refractivity contribution is 7.89. The first-order valence-electron chi connectivity index (χ1n) is 16.6. The maximum atomic E-state index is 14.1. The standard InChI is InChI=1S/C35H46Cl2N5O6S/c1-24-22-25(2)38-33-26(24)8-6-9-29(33)48-23-27-28(36)11-12-30(32(27)37)49(45,46)39-35(13-20-47-21-14-35)34(44)41-17-15-40(16-18-41)31(43)10-7-19-42(3,4)5/h6,8-9,11-12,22,39H,7,10,13-21,23H2,1-5H3/q+1. The van der Waals surface area contributed by atoms with Gasteiger partial charge in [0.1, 0.15) is 28.3 Å². The van der Waals surface area contributed by atoms with E-state index in [4.69, 9.17) is 32.7 Å². The van der Waals surface area contributed by atoms with Gasteiger partial charge in [0.2, 0.25) is 21.8 Å². The molecular weight excluding hydrogens is 689 g/mol. The monoisotopic (exact) mass is 734 g/mol. The van der Waals surface area contributed by atoms with Crippen molar-refractivity contribution < 1.29 is 32.0 Å². The number of carbonyl (C=O) groups excluding carboxylic acids is 2. The lowest BCUT2D eigenvalue weighted by molar-refractivity contribution is -0.870. The van der Waals surface area contributed by atoms with Gasteiger partial charge in [-0.2, -0.15) is 4.72 Å². The molecule has 0 radical (unpaired) electrons. The highest BCUT2D eigenvalue weighted by Gasteiger charge is 2.47. The highest BCUT2D eigenvalue weighted by Crippen LogP contribution is 2.35. The van der Waals surface area contributed by atoms with Crippen molar-refractivity contribution >= 4 is 55.9 Å². The quantitative estimate of drug-likeness (QED) is 0.284. The molecule has 3 aromatic rings. The summed E-state index contributed by atoms with van der Waals surface area (Å²) in [6, 6.07) is 10.4. The van der Waals surface area contributed by atoms with Gasteiger partial charge in [0.05, 0.1) is 32.7 Å². The SMILES string of the molecule is Cc1cc(C)c2cccc(OCc3c(Cl)ccc(S(=O)(=O)NC4(C(=O)N5CCN(C(=O)CCC[N+](C)(C)C)CC5)CCOCC4)c3Cl)c2n1. The summed E-state index contributed by atoms with van der Waals surface area (Å²) < 4.78 is 43.3. The van der Waals surface area contributed by atoms with Crippen LogP contribution < -0.4 is 9.46 Å². The molecule has 5 rings (SSSR count). The molecule has 2 fully saturated rings. The number of amides is 2. The van der Waals surface area contributed by atoms with Crippen LogP contribution in [0.25, 0.3) is 10.9 Å². The van der Waals surface area contributed by atoms with E-state index >= 15 is 0 Å². The average Bonchev–Trinajstić information content (AvgIpc) is 3.04. The van der Waals surface area contributed by atoms with Gasteiger partial charge in [0.25, 0.3) is 0 Å². The van der Waals surface area contributed by atoms with E-state index in [-0.39, 0.29) is 59.4 Å². The number of halogens is 2. The Morgan fingerprint density at radius 1 is 1.02 bits per heavy atom. The van der Waals surface area contributed by atoms with Crippen LogP contribution in [0.2, 0.25) is 10.0 Å². The van der Waals surface area contributed by atoms with Gasteiger partial charge >= 0.3 is 0 Å². The Balaban J connectivity index is 1.32. The van der Waals surface area contributed by atoms with Crippen LogP contribution in [0.4, 0.5) is 0 Å². The fraction of sp³-hybridized carbons (Fsp3) is 0.514. The summed E-state index contributed by atoms with van der Waals surface area (Å²) >= 11 is 13.3. The molecule has 2 saturated heterocycles. The molecule has 1 aromatic heterocycles. The number of quaternary nitrogens is 1. The van der Waals surface area contributed by atoms with Gasteiger partial charge in [-0.3, -0.25) is 9.59 Å². The Kier molecular flexibility index (Phi) is 11.5. The van der Waals surface area contributed by atoms with Crippen molar-refractivity contribution in [3.8, 4) is 5.75 Å². The number of hydrogen-bond donors (Lipinski definition) is 1. The Labute approximate surface area is 299 Å². The van der Waals surface area contributed by atoms with Crippen LogP contribution in [-0.4, -0.2) is 112 Å². The van der Waals surface area contributed by atoms with Crippen molar-refractivity contribution in [2.45, 2.75) is 56.6 Å². The lowest BCUT2D eigenvalue weighted by atomic mass is 9.89. The zero-order valence-electron chi connectivity index (χ0n) is 28.9. The van der Waals surface area contributed by atoms with Gasteiger partial charge in [-0.25, -0.2) is 13.4 Å². The highest BCUT2D eigenvalue weighted by atomic mass is 35.5. The number of ether oxygens (including phenoxy) is 2. The summed E-state index contributed by atoms with van der Waals surface area (Å²) in [4.78, 5) is 34.8. The number of benzene rings is 2. The number of aryl methyl sites for hydroxylation is 2. The number of piperazine rings is 1. The third-order valence-corrected chi connectivity index (χ3v) is 11.7. The largest absolute Gasteiger partial charge is 0.487 e. The number of pyridine rings is 1. The van der Waals surface area contributed by atoms with Crippen LogP contribution in [0.1, 0.15) is 42.5 Å². The molecule has 14 heteroatoms. The van der Waals surface area contributed by atoms with Crippen LogP contribution in [0.3, 0.4) is 0 Å². The normalized spacial score (nSPS) is 17.0. The maximum Gasteiger partial charge on any atom is 0.244 e. The third kappa shape index (κ3) is 8.66. The average molecular weight is 736 g/mol. The molecule has 266 valence electrons. The van der Waals surface area contributed by atoms with E-state index in [2.05, 4.69) is 30.8 Å². The Morgan fingerprint density at radius 3 is 2.37 bits per heavy atom. The first kappa shape index (κ1) is 37.3. The predicted octanol–water partition coefficient (Wildman–Crippen LogP) is 4.72. The number of aromatic nitrogens is 1. The van der Waals surface area contributed by atoms with Gasteiger partial charge in [-0.15, -0.1) is 0 Å². The summed E-state index contributed by atoms with van der Waals surface area (Å²) in [7, 11) is 1.96. The van der Waals surface area contributed by atoms with E-state index in [0.29, 0.717) is 49.4 Å². The predicted molar refractivity (Wildman–Crippen MR) is 190 cm³/mol. The van der Waals surface area contributed by atoms with Crippen molar-refractivity contribution in [3.63, 3.8) is 0 Å². The van der Waals surface area contributed by atoms with Crippen LogP contribution in [0.5, 0.6) is 5.75 Å². The van der Waals surface area contributed by atoms with E-state index in [1.54, 1.807) is 15.9 Å². The molecule has 0 saturated carbocycles. The molecule has 0 aliphatic carbocycles. The molecule has 0 spiro atoms. The fourth-order valence-electron chi connectivity index (χ4n) is 6.45. The lowest BCUT2D eigenvalue weighted by Gasteiger charge is -2.43. The molecule has 49 heavy (non-hydrogen) atoms. The lowest BCUT2D eigenvalue weighted by Crippen LogP contribution is -2.64. The number of nitrogens with zero attached hydrogens (tertiary/aromatic N) is 4. The third-order valence-electron chi connectivity index (χ3n) is 9.17. The number of rotatable bonds is 11. The first-order valence-corrected chi connectivity index (χ1v) is 18.8. The minimum absolute atomic E-state index is 0.0705. The number of fused-ring (bicyclic) bond motifs is 1. The van der Waals surface area contributed by atoms with Crippen LogP contribution in [0, 0.1) is 13.8 Å². The van der Waals surface area contributed by atoms with Gasteiger partial charge in [-0.1, -0.05) is 35.3 Å². The second kappa shape index (κ2) is 15.1. The minimum Gasteiger partial charge on any atom is -0.487 e. The molecular formula is C35H46Cl2N5O6S+. The van der Waals surface area contributed by atoms with Crippen molar-refractivity contribution in [3.05, 3.63) is 63.3 Å². The van der Waals surface area contributed by atoms with Gasteiger partial charge in [-0.05, 0) is 56.5 Å².